The van der Waals surface area contributed by atoms with Crippen molar-refractivity contribution in [3.8, 4) is 0 Å². The van der Waals surface area contributed by atoms with Gasteiger partial charge in [-0.15, -0.1) is 0 Å². The van der Waals surface area contributed by atoms with Crippen LogP contribution in [-0.4, -0.2) is 17.0 Å². The van der Waals surface area contributed by atoms with Gasteiger partial charge >= 0.3 is 5.97 Å². The van der Waals surface area contributed by atoms with Crippen LogP contribution in [0.2, 0.25) is 0 Å². The minimum atomic E-state index is -0.297. The average Bonchev–Trinajstić information content (AvgIpc) is 2.70. The molecular weight excluding hydrogens is 178 g/mol. The lowest BCUT2D eigenvalue weighted by atomic mass is 10.4. The Labute approximate surface area is 81.6 Å². The van der Waals surface area contributed by atoms with Crippen molar-refractivity contribution in [2.75, 3.05) is 6.61 Å². The number of carbonyl (C=O) groups excluding carboxylic acids is 1. The van der Waals surface area contributed by atoms with Crippen LogP contribution in [0.5, 0.6) is 0 Å². The Kier molecular flexibility index (Phi) is 2.23. The zero-order chi connectivity index (χ0) is 9.97. The molecule has 72 valence electrons. The van der Waals surface area contributed by atoms with Crippen molar-refractivity contribution < 1.29 is 9.53 Å². The second-order valence-electron chi connectivity index (χ2n) is 2.96. The summed E-state index contributed by atoms with van der Waals surface area (Å²) >= 11 is 0. The van der Waals surface area contributed by atoms with Gasteiger partial charge < -0.3 is 9.14 Å². The van der Waals surface area contributed by atoms with E-state index in [1.807, 2.05) is 34.9 Å². The molecule has 3 nitrogen and oxygen atoms in total. The summed E-state index contributed by atoms with van der Waals surface area (Å²) in [7, 11) is 0. The molecule has 0 N–H and O–H groups in total. The van der Waals surface area contributed by atoms with E-state index in [0.717, 1.165) is 10.9 Å². The lowest BCUT2D eigenvalue weighted by Crippen LogP contribution is -2.11. The van der Waals surface area contributed by atoms with Crippen molar-refractivity contribution >= 4 is 17.6 Å². The molecular formula is C11H11NO2. The third-order valence-electron chi connectivity index (χ3n) is 2.04. The Morgan fingerprint density at radius 3 is 3.14 bits per heavy atom. The van der Waals surface area contributed by atoms with Crippen LogP contribution < -0.4 is 5.35 Å². The van der Waals surface area contributed by atoms with Gasteiger partial charge in [0.2, 0.25) is 0 Å². The summed E-state index contributed by atoms with van der Waals surface area (Å²) in [6.07, 6.45) is 3.41. The normalized spacial score (nSPS) is 12.2. The molecule has 2 rings (SSSR count). The molecule has 0 aliphatic carbocycles. The number of hydrogen-bond acceptors (Lipinski definition) is 2. The van der Waals surface area contributed by atoms with Crippen molar-refractivity contribution in [2.45, 2.75) is 6.92 Å². The van der Waals surface area contributed by atoms with Gasteiger partial charge in [0.15, 0.2) is 0 Å². The van der Waals surface area contributed by atoms with E-state index in [4.69, 9.17) is 4.74 Å². The van der Waals surface area contributed by atoms with Crippen LogP contribution in [0.25, 0.3) is 11.6 Å². The SMILES string of the molecule is CCOC(=O)/C=c1\ccc2cccn12. The first-order valence-electron chi connectivity index (χ1n) is 4.55. The van der Waals surface area contributed by atoms with Gasteiger partial charge in [-0.1, -0.05) is 0 Å². The number of nitrogens with zero attached hydrogens (tertiary/aromatic N) is 1. The number of hydrogen-bond donors (Lipinski definition) is 0. The first-order valence-corrected chi connectivity index (χ1v) is 4.55. The van der Waals surface area contributed by atoms with E-state index >= 15 is 0 Å². The van der Waals surface area contributed by atoms with E-state index in [1.165, 1.54) is 6.08 Å². The van der Waals surface area contributed by atoms with Crippen molar-refractivity contribution in [2.24, 2.45) is 0 Å². The standard InChI is InChI=1S/C11H11NO2/c1-2-14-11(13)8-10-6-5-9-4-3-7-12(9)10/h3-8H,2H2,1H3/b10-8+. The van der Waals surface area contributed by atoms with E-state index < -0.39 is 0 Å². The molecule has 0 aliphatic heterocycles. The van der Waals surface area contributed by atoms with Crippen LogP contribution in [0, 0.1) is 0 Å². The fourth-order valence-corrected chi connectivity index (χ4v) is 1.44. The fraction of sp³-hybridized carbons (Fsp3) is 0.182. The molecule has 0 spiro atoms. The highest BCUT2D eigenvalue weighted by molar-refractivity contribution is 5.99. The predicted octanol–water partition coefficient (Wildman–Crippen LogP) is 1.00. The van der Waals surface area contributed by atoms with Crippen LogP contribution >= 0.6 is 0 Å². The van der Waals surface area contributed by atoms with Gasteiger partial charge in [-0.05, 0) is 31.2 Å². The van der Waals surface area contributed by atoms with E-state index in [9.17, 15) is 4.79 Å². The maximum atomic E-state index is 11.2. The molecule has 3 heteroatoms. The molecule has 0 fully saturated rings. The van der Waals surface area contributed by atoms with E-state index in [2.05, 4.69) is 0 Å². The minimum absolute atomic E-state index is 0.297. The first-order chi connectivity index (χ1) is 6.81. The number of esters is 1. The predicted molar refractivity (Wildman–Crippen MR) is 53.7 cm³/mol. The molecule has 0 unspecified atom stereocenters. The van der Waals surface area contributed by atoms with Crippen LogP contribution in [0.15, 0.2) is 30.5 Å². The summed E-state index contributed by atoms with van der Waals surface area (Å²) in [6, 6.07) is 7.79. The Bertz CT molecular complexity index is 498. The number of ether oxygens (including phenoxy) is 1. The van der Waals surface area contributed by atoms with E-state index in [0.29, 0.717) is 6.61 Å². The Balaban J connectivity index is 2.43. The third-order valence-corrected chi connectivity index (χ3v) is 2.04. The summed E-state index contributed by atoms with van der Waals surface area (Å²) in [5, 5.41) is 0.850. The number of fused-ring (bicyclic) bond motifs is 1. The Morgan fingerprint density at radius 1 is 1.50 bits per heavy atom. The zero-order valence-corrected chi connectivity index (χ0v) is 7.93. The summed E-state index contributed by atoms with van der Waals surface area (Å²) in [5.74, 6) is -0.297. The second kappa shape index (κ2) is 3.54. The van der Waals surface area contributed by atoms with Crippen LogP contribution in [0.3, 0.4) is 0 Å². The monoisotopic (exact) mass is 189 g/mol. The lowest BCUT2D eigenvalue weighted by Gasteiger charge is -1.93. The molecule has 2 heterocycles. The molecule has 2 aromatic heterocycles. The summed E-state index contributed by atoms with van der Waals surface area (Å²) in [6.45, 7) is 2.20. The zero-order valence-electron chi connectivity index (χ0n) is 7.93. The average molecular weight is 189 g/mol. The smallest absolute Gasteiger partial charge is 0.332 e. The molecule has 0 aliphatic rings. The van der Waals surface area contributed by atoms with Crippen molar-refractivity contribution in [3.05, 3.63) is 35.8 Å². The molecule has 14 heavy (non-hydrogen) atoms. The molecule has 0 radical (unpaired) electrons. The molecule has 0 atom stereocenters. The largest absolute Gasteiger partial charge is 0.463 e. The Hall–Kier alpha value is -1.77. The van der Waals surface area contributed by atoms with Gasteiger partial charge in [0, 0.05) is 17.8 Å². The molecule has 0 saturated carbocycles. The minimum Gasteiger partial charge on any atom is -0.463 e. The summed E-state index contributed by atoms with van der Waals surface area (Å²) in [5.41, 5.74) is 1.08. The Morgan fingerprint density at radius 2 is 2.36 bits per heavy atom. The first kappa shape index (κ1) is 8.81. The summed E-state index contributed by atoms with van der Waals surface area (Å²) in [4.78, 5) is 11.2. The quantitative estimate of drug-likeness (QED) is 0.660. The van der Waals surface area contributed by atoms with Crippen LogP contribution in [0.1, 0.15) is 6.92 Å². The summed E-state index contributed by atoms with van der Waals surface area (Å²) < 4.78 is 6.77. The lowest BCUT2D eigenvalue weighted by molar-refractivity contribution is -0.135. The van der Waals surface area contributed by atoms with E-state index in [1.54, 1.807) is 6.92 Å². The molecule has 0 amide bonds. The number of rotatable bonds is 2. The van der Waals surface area contributed by atoms with Crippen molar-refractivity contribution in [1.82, 2.24) is 4.40 Å². The fourth-order valence-electron chi connectivity index (χ4n) is 1.44. The van der Waals surface area contributed by atoms with Gasteiger partial charge in [0.05, 0.1) is 12.0 Å². The number of aromatic nitrogens is 1. The van der Waals surface area contributed by atoms with Gasteiger partial charge in [-0.2, -0.15) is 0 Å². The molecule has 0 saturated heterocycles. The van der Waals surface area contributed by atoms with Gasteiger partial charge in [0.25, 0.3) is 0 Å². The third kappa shape index (κ3) is 1.48. The van der Waals surface area contributed by atoms with E-state index in [-0.39, 0.29) is 5.97 Å². The molecule has 2 aromatic rings. The maximum Gasteiger partial charge on any atom is 0.332 e. The van der Waals surface area contributed by atoms with Crippen molar-refractivity contribution in [3.63, 3.8) is 0 Å². The van der Waals surface area contributed by atoms with Gasteiger partial charge in [0.1, 0.15) is 0 Å². The molecule has 0 bridgehead atoms. The van der Waals surface area contributed by atoms with Gasteiger partial charge in [-0.3, -0.25) is 0 Å². The van der Waals surface area contributed by atoms with Crippen molar-refractivity contribution in [1.29, 1.82) is 0 Å². The highest BCUT2D eigenvalue weighted by atomic mass is 16.5. The maximum absolute atomic E-state index is 11.2. The van der Waals surface area contributed by atoms with Gasteiger partial charge in [-0.25, -0.2) is 4.79 Å². The molecule has 0 aromatic carbocycles. The highest BCUT2D eigenvalue weighted by Crippen LogP contribution is 1.99. The topological polar surface area (TPSA) is 30.7 Å². The van der Waals surface area contributed by atoms with Crippen LogP contribution in [0.4, 0.5) is 0 Å². The second-order valence-corrected chi connectivity index (χ2v) is 2.96. The van der Waals surface area contributed by atoms with Crippen LogP contribution in [-0.2, 0) is 9.53 Å². The highest BCUT2D eigenvalue weighted by Gasteiger charge is 1.98. The number of carbonyl (C=O) groups is 1.